The minimum Gasteiger partial charge on any atom is -0.382 e. The molecule has 2 heterocycles. The van der Waals surface area contributed by atoms with Gasteiger partial charge in [0.15, 0.2) is 0 Å². The lowest BCUT2D eigenvalue weighted by molar-refractivity contribution is -0.0512. The van der Waals surface area contributed by atoms with Gasteiger partial charge in [-0.2, -0.15) is 5.10 Å². The van der Waals surface area contributed by atoms with E-state index < -0.39 is 0 Å². The van der Waals surface area contributed by atoms with E-state index in [0.29, 0.717) is 30.9 Å². The number of methoxy groups -OCH3 is 1. The molecule has 1 N–H and O–H groups in total. The Hall–Kier alpha value is -2.09. The first-order valence-electron chi connectivity index (χ1n) is 12.6. The molecule has 1 aromatic carbocycles. The standard InChI is InChI=1S/C26H35ClN4O3/c1-33-24-13-14-34-17-18(24)15-28-23-16-29-31(26(32)25(23)27)22-11-9-21(10-12-22)30(20-7-8-20)19-5-3-2-4-6-19/h2-6,16,18,20-22,24,28H,7-15,17H2,1H3/t18-,21-,22-,24+/m1/s1. The highest BCUT2D eigenvalue weighted by Crippen LogP contribution is 2.39. The minimum atomic E-state index is -0.208. The first kappa shape index (κ1) is 23.6. The zero-order valence-electron chi connectivity index (χ0n) is 19.9. The molecule has 3 fully saturated rings. The summed E-state index contributed by atoms with van der Waals surface area (Å²) in [7, 11) is 1.73. The molecule has 0 amide bonds. The summed E-state index contributed by atoms with van der Waals surface area (Å²) in [5, 5.41) is 8.04. The Balaban J connectivity index is 1.22. The van der Waals surface area contributed by atoms with Crippen molar-refractivity contribution in [2.75, 3.05) is 37.1 Å². The van der Waals surface area contributed by atoms with Gasteiger partial charge >= 0.3 is 0 Å². The summed E-state index contributed by atoms with van der Waals surface area (Å²) in [6.45, 7) is 1.99. The quantitative estimate of drug-likeness (QED) is 0.592. The normalized spacial score (nSPS) is 27.4. The summed E-state index contributed by atoms with van der Waals surface area (Å²) in [5.74, 6) is 0.214. The summed E-state index contributed by atoms with van der Waals surface area (Å²) < 4.78 is 12.8. The molecule has 2 saturated carbocycles. The van der Waals surface area contributed by atoms with Crippen LogP contribution in [-0.2, 0) is 9.47 Å². The molecular formula is C26H35ClN4O3. The van der Waals surface area contributed by atoms with Gasteiger partial charge in [0.1, 0.15) is 5.02 Å². The zero-order chi connectivity index (χ0) is 23.5. The molecule has 2 aromatic rings. The molecule has 1 saturated heterocycles. The van der Waals surface area contributed by atoms with E-state index >= 15 is 0 Å². The molecule has 0 radical (unpaired) electrons. The van der Waals surface area contributed by atoms with Crippen LogP contribution in [0.5, 0.6) is 0 Å². The number of halogens is 1. The Morgan fingerprint density at radius 1 is 1.12 bits per heavy atom. The molecule has 0 spiro atoms. The van der Waals surface area contributed by atoms with E-state index in [2.05, 4.69) is 45.6 Å². The molecule has 7 nitrogen and oxygen atoms in total. The van der Waals surface area contributed by atoms with E-state index in [1.807, 2.05) is 0 Å². The fraction of sp³-hybridized carbons (Fsp3) is 0.615. The summed E-state index contributed by atoms with van der Waals surface area (Å²) in [5.41, 5.74) is 1.70. The van der Waals surface area contributed by atoms with Crippen molar-refractivity contribution < 1.29 is 9.47 Å². The van der Waals surface area contributed by atoms with Crippen molar-refractivity contribution in [2.24, 2.45) is 5.92 Å². The van der Waals surface area contributed by atoms with Crippen molar-refractivity contribution in [3.05, 3.63) is 51.9 Å². The second-order valence-corrected chi connectivity index (χ2v) is 10.2. The highest BCUT2D eigenvalue weighted by atomic mass is 35.5. The number of para-hydroxylation sites is 1. The maximum atomic E-state index is 13.1. The van der Waals surface area contributed by atoms with E-state index in [0.717, 1.165) is 38.7 Å². The van der Waals surface area contributed by atoms with Gasteiger partial charge in [0, 0.05) is 44.0 Å². The third-order valence-electron chi connectivity index (χ3n) is 7.61. The maximum Gasteiger partial charge on any atom is 0.287 e. The van der Waals surface area contributed by atoms with Gasteiger partial charge in [-0.3, -0.25) is 4.79 Å². The Bertz CT molecular complexity index is 1000. The lowest BCUT2D eigenvalue weighted by atomic mass is 9.89. The van der Waals surface area contributed by atoms with Crippen LogP contribution in [0.2, 0.25) is 5.02 Å². The van der Waals surface area contributed by atoms with Gasteiger partial charge in [-0.25, -0.2) is 4.68 Å². The number of nitrogens with zero attached hydrogens (tertiary/aromatic N) is 3. The van der Waals surface area contributed by atoms with Crippen LogP contribution in [0.1, 0.15) is 51.0 Å². The largest absolute Gasteiger partial charge is 0.382 e. The third-order valence-corrected chi connectivity index (χ3v) is 7.97. The Kier molecular flexibility index (Phi) is 7.42. The smallest absolute Gasteiger partial charge is 0.287 e. The van der Waals surface area contributed by atoms with E-state index in [4.69, 9.17) is 21.1 Å². The van der Waals surface area contributed by atoms with Crippen molar-refractivity contribution in [2.45, 2.75) is 69.2 Å². The second-order valence-electron chi connectivity index (χ2n) is 9.84. The number of benzene rings is 1. The molecule has 0 bridgehead atoms. The van der Waals surface area contributed by atoms with Crippen LogP contribution in [0.3, 0.4) is 0 Å². The third kappa shape index (κ3) is 5.11. The van der Waals surface area contributed by atoms with Gasteiger partial charge in [-0.15, -0.1) is 0 Å². The molecule has 8 heteroatoms. The van der Waals surface area contributed by atoms with Crippen LogP contribution in [0.4, 0.5) is 11.4 Å². The topological polar surface area (TPSA) is 68.6 Å². The molecule has 184 valence electrons. The van der Waals surface area contributed by atoms with Crippen LogP contribution >= 0.6 is 11.6 Å². The average Bonchev–Trinajstić information content (AvgIpc) is 3.72. The van der Waals surface area contributed by atoms with E-state index in [-0.39, 0.29) is 28.6 Å². The molecular weight excluding hydrogens is 452 g/mol. The fourth-order valence-corrected chi connectivity index (χ4v) is 5.80. The van der Waals surface area contributed by atoms with Crippen LogP contribution in [-0.4, -0.2) is 54.8 Å². The molecule has 2 aliphatic carbocycles. The van der Waals surface area contributed by atoms with Crippen LogP contribution in [0.15, 0.2) is 41.3 Å². The van der Waals surface area contributed by atoms with Crippen LogP contribution in [0, 0.1) is 5.92 Å². The predicted molar refractivity (Wildman–Crippen MR) is 135 cm³/mol. The number of ether oxygens (including phenoxy) is 2. The lowest BCUT2D eigenvalue weighted by Crippen LogP contribution is -2.41. The molecule has 2 atom stereocenters. The van der Waals surface area contributed by atoms with Gasteiger partial charge < -0.3 is 19.7 Å². The summed E-state index contributed by atoms with van der Waals surface area (Å²) in [6.07, 6.45) is 9.26. The highest BCUT2D eigenvalue weighted by molar-refractivity contribution is 6.32. The predicted octanol–water partition coefficient (Wildman–Crippen LogP) is 4.51. The van der Waals surface area contributed by atoms with Crippen molar-refractivity contribution in [1.29, 1.82) is 0 Å². The zero-order valence-corrected chi connectivity index (χ0v) is 20.6. The van der Waals surface area contributed by atoms with Gasteiger partial charge in [0.05, 0.1) is 30.6 Å². The van der Waals surface area contributed by atoms with Gasteiger partial charge in [-0.1, -0.05) is 29.8 Å². The van der Waals surface area contributed by atoms with E-state index in [1.165, 1.54) is 18.5 Å². The van der Waals surface area contributed by atoms with Crippen molar-refractivity contribution in [3.63, 3.8) is 0 Å². The number of nitrogens with one attached hydrogen (secondary N) is 1. The van der Waals surface area contributed by atoms with Crippen molar-refractivity contribution in [1.82, 2.24) is 9.78 Å². The average molecular weight is 487 g/mol. The van der Waals surface area contributed by atoms with Crippen molar-refractivity contribution >= 4 is 23.0 Å². The monoisotopic (exact) mass is 486 g/mol. The number of hydrogen-bond acceptors (Lipinski definition) is 6. The molecule has 34 heavy (non-hydrogen) atoms. The molecule has 5 rings (SSSR count). The first-order chi connectivity index (χ1) is 16.7. The van der Waals surface area contributed by atoms with E-state index in [9.17, 15) is 4.79 Å². The molecule has 1 aliphatic heterocycles. The van der Waals surface area contributed by atoms with Crippen LogP contribution < -0.4 is 15.8 Å². The Labute approximate surface area is 206 Å². The Morgan fingerprint density at radius 3 is 2.50 bits per heavy atom. The van der Waals surface area contributed by atoms with Gasteiger partial charge in [-0.05, 0) is 57.1 Å². The van der Waals surface area contributed by atoms with Crippen molar-refractivity contribution in [3.8, 4) is 0 Å². The minimum absolute atomic E-state index is 0.0942. The molecule has 1 aromatic heterocycles. The summed E-state index contributed by atoms with van der Waals surface area (Å²) >= 11 is 6.51. The van der Waals surface area contributed by atoms with Crippen LogP contribution in [0.25, 0.3) is 0 Å². The fourth-order valence-electron chi connectivity index (χ4n) is 5.60. The number of aromatic nitrogens is 2. The second kappa shape index (κ2) is 10.7. The molecule has 3 aliphatic rings. The SMILES string of the molecule is CO[C@H]1CCOC[C@H]1CNc1cnn([C@H]2CC[C@H](N(c3ccccc3)C3CC3)CC2)c(=O)c1Cl. The number of rotatable bonds is 8. The number of hydrogen-bond donors (Lipinski definition) is 1. The summed E-state index contributed by atoms with van der Waals surface area (Å²) in [4.78, 5) is 15.7. The molecule has 0 unspecified atom stereocenters. The highest BCUT2D eigenvalue weighted by Gasteiger charge is 2.36. The Morgan fingerprint density at radius 2 is 1.82 bits per heavy atom. The van der Waals surface area contributed by atoms with Gasteiger partial charge in [0.25, 0.3) is 5.56 Å². The number of anilines is 2. The first-order valence-corrected chi connectivity index (χ1v) is 13.0. The summed E-state index contributed by atoms with van der Waals surface area (Å²) in [6, 6.07) is 12.0. The maximum absolute atomic E-state index is 13.1. The van der Waals surface area contributed by atoms with E-state index in [1.54, 1.807) is 18.0 Å². The lowest BCUT2D eigenvalue weighted by Gasteiger charge is -2.39. The van der Waals surface area contributed by atoms with Gasteiger partial charge in [0.2, 0.25) is 0 Å².